The van der Waals surface area contributed by atoms with Gasteiger partial charge in [0.25, 0.3) is 0 Å². The summed E-state index contributed by atoms with van der Waals surface area (Å²) in [5, 5.41) is 12.3. The molecule has 19 heavy (non-hydrogen) atoms. The number of ether oxygens (including phenoxy) is 1. The van der Waals surface area contributed by atoms with Crippen LogP contribution in [0, 0.1) is 0 Å². The van der Waals surface area contributed by atoms with Crippen LogP contribution in [0.4, 0.5) is 0 Å². The van der Waals surface area contributed by atoms with Gasteiger partial charge in [-0.25, -0.2) is 0 Å². The maximum Gasteiger partial charge on any atom is 0.237 e. The van der Waals surface area contributed by atoms with Crippen molar-refractivity contribution < 1.29 is 14.6 Å². The smallest absolute Gasteiger partial charge is 0.237 e. The summed E-state index contributed by atoms with van der Waals surface area (Å²) in [5.74, 6) is 0.0156. The van der Waals surface area contributed by atoms with Crippen molar-refractivity contribution in [2.75, 3.05) is 19.7 Å². The molecule has 2 atom stereocenters. The number of aliphatic hydroxyl groups is 1. The second-order valence-electron chi connectivity index (χ2n) is 7.03. The van der Waals surface area contributed by atoms with Crippen molar-refractivity contribution in [1.82, 2.24) is 10.2 Å². The number of aliphatic hydroxyl groups excluding tert-OH is 1. The van der Waals surface area contributed by atoms with E-state index < -0.39 is 0 Å². The van der Waals surface area contributed by atoms with E-state index in [1.807, 2.05) is 41.5 Å². The molecule has 0 radical (unpaired) electrons. The minimum absolute atomic E-state index is 0.0156. The summed E-state index contributed by atoms with van der Waals surface area (Å²) in [6.45, 7) is 13.0. The van der Waals surface area contributed by atoms with E-state index in [9.17, 15) is 9.90 Å². The summed E-state index contributed by atoms with van der Waals surface area (Å²) >= 11 is 0. The largest absolute Gasteiger partial charge is 0.394 e. The number of nitrogens with zero attached hydrogens (tertiary/aromatic N) is 1. The first-order chi connectivity index (χ1) is 8.54. The van der Waals surface area contributed by atoms with Gasteiger partial charge in [0, 0.05) is 18.6 Å². The normalized spacial score (nSPS) is 25.9. The van der Waals surface area contributed by atoms with Crippen molar-refractivity contribution in [3.63, 3.8) is 0 Å². The molecule has 2 unspecified atom stereocenters. The van der Waals surface area contributed by atoms with E-state index in [-0.39, 0.29) is 35.8 Å². The molecular weight excluding hydrogens is 244 g/mol. The Morgan fingerprint density at radius 1 is 1.53 bits per heavy atom. The molecule has 0 aliphatic carbocycles. The predicted octanol–water partition coefficient (Wildman–Crippen LogP) is 0.761. The topological polar surface area (TPSA) is 61.8 Å². The summed E-state index contributed by atoms with van der Waals surface area (Å²) in [7, 11) is 0. The fraction of sp³-hybridized carbons (Fsp3) is 0.929. The first-order valence-corrected chi connectivity index (χ1v) is 6.89. The van der Waals surface area contributed by atoms with Crippen LogP contribution < -0.4 is 5.32 Å². The number of hydrogen-bond acceptors (Lipinski definition) is 4. The molecule has 112 valence electrons. The quantitative estimate of drug-likeness (QED) is 0.796. The van der Waals surface area contributed by atoms with Crippen LogP contribution in [0.5, 0.6) is 0 Å². The fourth-order valence-electron chi connectivity index (χ4n) is 2.37. The highest BCUT2D eigenvalue weighted by Gasteiger charge is 2.37. The molecule has 0 saturated carbocycles. The van der Waals surface area contributed by atoms with Crippen LogP contribution in [0.3, 0.4) is 0 Å². The zero-order chi connectivity index (χ0) is 14.8. The molecule has 1 amide bonds. The van der Waals surface area contributed by atoms with Gasteiger partial charge in [0.2, 0.25) is 5.91 Å². The SMILES string of the molecule is CC(C(=O)NC(C)(C)C)N1CC(CO)OC(C)(C)C1. The van der Waals surface area contributed by atoms with Gasteiger partial charge in [-0.2, -0.15) is 0 Å². The first kappa shape index (κ1) is 16.4. The Balaban J connectivity index is 2.70. The lowest BCUT2D eigenvalue weighted by atomic mass is 10.0. The van der Waals surface area contributed by atoms with Gasteiger partial charge >= 0.3 is 0 Å². The van der Waals surface area contributed by atoms with E-state index in [2.05, 4.69) is 10.2 Å². The first-order valence-electron chi connectivity index (χ1n) is 6.89. The molecular formula is C14H28N2O3. The van der Waals surface area contributed by atoms with E-state index >= 15 is 0 Å². The zero-order valence-electron chi connectivity index (χ0n) is 13.0. The number of carbonyl (C=O) groups is 1. The van der Waals surface area contributed by atoms with E-state index in [1.54, 1.807) is 0 Å². The highest BCUT2D eigenvalue weighted by atomic mass is 16.5. The molecule has 0 bridgehead atoms. The summed E-state index contributed by atoms with van der Waals surface area (Å²) in [6.07, 6.45) is -0.228. The Morgan fingerprint density at radius 2 is 2.11 bits per heavy atom. The Kier molecular flexibility index (Phi) is 4.98. The van der Waals surface area contributed by atoms with E-state index in [0.29, 0.717) is 13.1 Å². The highest BCUT2D eigenvalue weighted by molar-refractivity contribution is 5.82. The van der Waals surface area contributed by atoms with E-state index in [1.165, 1.54) is 0 Å². The van der Waals surface area contributed by atoms with Crippen LogP contribution in [0.15, 0.2) is 0 Å². The van der Waals surface area contributed by atoms with Gasteiger partial charge in [0.05, 0.1) is 24.4 Å². The molecule has 1 rings (SSSR count). The molecule has 0 spiro atoms. The van der Waals surface area contributed by atoms with Crippen molar-refractivity contribution in [1.29, 1.82) is 0 Å². The van der Waals surface area contributed by atoms with Gasteiger partial charge in [-0.1, -0.05) is 0 Å². The second-order valence-corrected chi connectivity index (χ2v) is 7.03. The van der Waals surface area contributed by atoms with Gasteiger partial charge < -0.3 is 15.2 Å². The van der Waals surface area contributed by atoms with Crippen LogP contribution in [0.25, 0.3) is 0 Å². The minimum atomic E-state index is -0.345. The maximum absolute atomic E-state index is 12.2. The van der Waals surface area contributed by atoms with Gasteiger partial charge in [-0.3, -0.25) is 9.69 Å². The molecule has 2 N–H and O–H groups in total. The standard InChI is InChI=1S/C14H28N2O3/c1-10(12(18)15-13(2,3)4)16-7-11(8-17)19-14(5,6)9-16/h10-11,17H,7-9H2,1-6H3,(H,15,18). The van der Waals surface area contributed by atoms with Crippen LogP contribution in [0.2, 0.25) is 0 Å². The number of morpholine rings is 1. The van der Waals surface area contributed by atoms with Crippen LogP contribution in [0.1, 0.15) is 41.5 Å². The molecule has 0 aromatic rings. The van der Waals surface area contributed by atoms with Crippen molar-refractivity contribution in [3.05, 3.63) is 0 Å². The summed E-state index contributed by atoms with van der Waals surface area (Å²) in [4.78, 5) is 14.3. The predicted molar refractivity (Wildman–Crippen MR) is 75.0 cm³/mol. The molecule has 1 aliphatic rings. The number of nitrogens with one attached hydrogen (secondary N) is 1. The van der Waals surface area contributed by atoms with Crippen molar-refractivity contribution in [2.24, 2.45) is 0 Å². The third-order valence-corrected chi connectivity index (χ3v) is 3.14. The lowest BCUT2D eigenvalue weighted by Gasteiger charge is -2.44. The number of amides is 1. The summed E-state index contributed by atoms with van der Waals surface area (Å²) in [5.41, 5.74) is -0.578. The fourth-order valence-corrected chi connectivity index (χ4v) is 2.37. The Hall–Kier alpha value is -0.650. The van der Waals surface area contributed by atoms with E-state index in [0.717, 1.165) is 0 Å². The van der Waals surface area contributed by atoms with Crippen molar-refractivity contribution >= 4 is 5.91 Å². The summed E-state index contributed by atoms with van der Waals surface area (Å²) in [6, 6.07) is -0.226. The zero-order valence-corrected chi connectivity index (χ0v) is 13.0. The lowest BCUT2D eigenvalue weighted by Crippen LogP contribution is -2.60. The lowest BCUT2D eigenvalue weighted by molar-refractivity contribution is -0.161. The third-order valence-electron chi connectivity index (χ3n) is 3.14. The average molecular weight is 272 g/mol. The van der Waals surface area contributed by atoms with Gasteiger partial charge in [0.1, 0.15) is 0 Å². The van der Waals surface area contributed by atoms with Crippen molar-refractivity contribution in [2.45, 2.75) is 64.8 Å². The molecule has 1 heterocycles. The molecule has 1 aliphatic heterocycles. The molecule has 1 fully saturated rings. The molecule has 0 aromatic heterocycles. The van der Waals surface area contributed by atoms with Gasteiger partial charge in [-0.05, 0) is 41.5 Å². The Labute approximate surface area is 116 Å². The second kappa shape index (κ2) is 5.77. The number of carbonyl (C=O) groups excluding carboxylic acids is 1. The van der Waals surface area contributed by atoms with Crippen LogP contribution in [-0.4, -0.2) is 58.9 Å². The highest BCUT2D eigenvalue weighted by Crippen LogP contribution is 2.22. The molecule has 0 aromatic carbocycles. The number of hydrogen-bond donors (Lipinski definition) is 2. The van der Waals surface area contributed by atoms with Crippen LogP contribution >= 0.6 is 0 Å². The van der Waals surface area contributed by atoms with Gasteiger partial charge in [-0.15, -0.1) is 0 Å². The van der Waals surface area contributed by atoms with Crippen LogP contribution in [-0.2, 0) is 9.53 Å². The Morgan fingerprint density at radius 3 is 2.58 bits per heavy atom. The monoisotopic (exact) mass is 272 g/mol. The average Bonchev–Trinajstić information content (AvgIpc) is 2.23. The van der Waals surface area contributed by atoms with Gasteiger partial charge in [0.15, 0.2) is 0 Å². The minimum Gasteiger partial charge on any atom is -0.394 e. The van der Waals surface area contributed by atoms with E-state index in [4.69, 9.17) is 4.74 Å². The third kappa shape index (κ3) is 5.09. The number of rotatable bonds is 3. The molecule has 5 heteroatoms. The maximum atomic E-state index is 12.2. The molecule has 1 saturated heterocycles. The molecule has 5 nitrogen and oxygen atoms in total. The Bertz CT molecular complexity index is 323. The van der Waals surface area contributed by atoms with Crippen molar-refractivity contribution in [3.8, 4) is 0 Å². The summed E-state index contributed by atoms with van der Waals surface area (Å²) < 4.78 is 5.76.